The predicted octanol–water partition coefficient (Wildman–Crippen LogP) is 3.96. The maximum Gasteiger partial charge on any atom is 0.123 e. The molecule has 2 atom stereocenters. The maximum atomic E-state index is 13.3. The van der Waals surface area contributed by atoms with E-state index in [1.54, 1.807) is 12.1 Å². The van der Waals surface area contributed by atoms with E-state index in [1.807, 2.05) is 18.2 Å². The molecule has 0 amide bonds. The molecule has 1 aliphatic carbocycles. The standard InChI is InChI=1S/C19H20ClFN2/c20-14-3-6-16-18(11-14)17(13-1-4-15(21)5-2-13)12-19(16)23-9-7-22-8-10-23/h1-6,11,17,19,22H,7-10,12H2/t17-,19+/m0/s1. The molecule has 0 saturated carbocycles. The van der Waals surface area contributed by atoms with Crippen molar-refractivity contribution >= 4 is 11.6 Å². The van der Waals surface area contributed by atoms with Crippen LogP contribution in [0.25, 0.3) is 0 Å². The molecule has 1 heterocycles. The molecule has 4 rings (SSSR count). The van der Waals surface area contributed by atoms with Gasteiger partial charge in [-0.2, -0.15) is 0 Å². The number of piperazine rings is 1. The molecule has 0 aromatic heterocycles. The van der Waals surface area contributed by atoms with E-state index >= 15 is 0 Å². The van der Waals surface area contributed by atoms with Crippen LogP contribution in [0.2, 0.25) is 5.02 Å². The fourth-order valence-electron chi connectivity index (χ4n) is 3.98. The van der Waals surface area contributed by atoms with Gasteiger partial charge in [0.25, 0.3) is 0 Å². The van der Waals surface area contributed by atoms with Crippen LogP contribution < -0.4 is 5.32 Å². The summed E-state index contributed by atoms with van der Waals surface area (Å²) >= 11 is 6.25. The summed E-state index contributed by atoms with van der Waals surface area (Å²) in [6, 6.07) is 13.6. The van der Waals surface area contributed by atoms with Crippen LogP contribution in [0, 0.1) is 5.82 Å². The van der Waals surface area contributed by atoms with Gasteiger partial charge in [-0.05, 0) is 47.4 Å². The van der Waals surface area contributed by atoms with E-state index in [2.05, 4.69) is 22.3 Å². The van der Waals surface area contributed by atoms with Gasteiger partial charge in [0, 0.05) is 43.2 Å². The van der Waals surface area contributed by atoms with Gasteiger partial charge < -0.3 is 5.32 Å². The molecule has 4 heteroatoms. The van der Waals surface area contributed by atoms with Gasteiger partial charge >= 0.3 is 0 Å². The van der Waals surface area contributed by atoms with Crippen LogP contribution >= 0.6 is 11.6 Å². The van der Waals surface area contributed by atoms with Gasteiger partial charge in [0.05, 0.1) is 0 Å². The monoisotopic (exact) mass is 330 g/mol. The number of benzene rings is 2. The van der Waals surface area contributed by atoms with Crippen LogP contribution in [-0.4, -0.2) is 31.1 Å². The SMILES string of the molecule is Fc1ccc([C@@H]2C[C@@H](N3CCNCC3)c3ccc(Cl)cc32)cc1. The highest BCUT2D eigenvalue weighted by atomic mass is 35.5. The summed E-state index contributed by atoms with van der Waals surface area (Å²) in [5, 5.41) is 4.19. The van der Waals surface area contributed by atoms with Crippen LogP contribution in [0.15, 0.2) is 42.5 Å². The van der Waals surface area contributed by atoms with Crippen molar-refractivity contribution < 1.29 is 4.39 Å². The topological polar surface area (TPSA) is 15.3 Å². The van der Waals surface area contributed by atoms with Crippen molar-refractivity contribution in [1.82, 2.24) is 10.2 Å². The molecular weight excluding hydrogens is 311 g/mol. The molecule has 2 nitrogen and oxygen atoms in total. The Bertz CT molecular complexity index is 695. The van der Waals surface area contributed by atoms with Crippen molar-refractivity contribution in [1.29, 1.82) is 0 Å². The smallest absolute Gasteiger partial charge is 0.123 e. The summed E-state index contributed by atoms with van der Waals surface area (Å²) in [6.45, 7) is 4.23. The lowest BCUT2D eigenvalue weighted by Gasteiger charge is -2.33. The first-order valence-corrected chi connectivity index (χ1v) is 8.60. The molecule has 120 valence electrons. The molecule has 2 aromatic carbocycles. The van der Waals surface area contributed by atoms with E-state index in [0.29, 0.717) is 12.0 Å². The highest BCUT2D eigenvalue weighted by Crippen LogP contribution is 2.47. The van der Waals surface area contributed by atoms with Gasteiger partial charge in [0.1, 0.15) is 5.82 Å². The number of fused-ring (bicyclic) bond motifs is 1. The van der Waals surface area contributed by atoms with Gasteiger partial charge in [-0.3, -0.25) is 4.90 Å². The first-order valence-electron chi connectivity index (χ1n) is 8.22. The van der Waals surface area contributed by atoms with Crippen LogP contribution in [0.3, 0.4) is 0 Å². The molecule has 0 spiro atoms. The molecule has 1 N–H and O–H groups in total. The summed E-state index contributed by atoms with van der Waals surface area (Å²) in [7, 11) is 0. The lowest BCUT2D eigenvalue weighted by Crippen LogP contribution is -2.44. The molecule has 2 aromatic rings. The average Bonchev–Trinajstić information content (AvgIpc) is 2.95. The third-order valence-electron chi connectivity index (χ3n) is 5.11. The third kappa shape index (κ3) is 2.89. The number of hydrogen-bond acceptors (Lipinski definition) is 2. The third-order valence-corrected chi connectivity index (χ3v) is 5.34. The molecule has 0 unspecified atom stereocenters. The maximum absolute atomic E-state index is 13.3. The zero-order chi connectivity index (χ0) is 15.8. The molecular formula is C19H20ClFN2. The van der Waals surface area contributed by atoms with Crippen molar-refractivity contribution in [3.05, 3.63) is 70.0 Å². The highest BCUT2D eigenvalue weighted by Gasteiger charge is 2.35. The van der Waals surface area contributed by atoms with Gasteiger partial charge in [0.2, 0.25) is 0 Å². The van der Waals surface area contributed by atoms with Crippen LogP contribution in [0.1, 0.15) is 35.1 Å². The summed E-state index contributed by atoms with van der Waals surface area (Å²) in [6.07, 6.45) is 1.04. The van der Waals surface area contributed by atoms with Crippen LogP contribution in [0.5, 0.6) is 0 Å². The molecule has 0 bridgehead atoms. The van der Waals surface area contributed by atoms with E-state index in [0.717, 1.165) is 37.6 Å². The second kappa shape index (κ2) is 6.23. The Morgan fingerprint density at radius 2 is 1.74 bits per heavy atom. The van der Waals surface area contributed by atoms with Crippen LogP contribution in [-0.2, 0) is 0 Å². The molecule has 1 saturated heterocycles. The first kappa shape index (κ1) is 15.1. The zero-order valence-corrected chi connectivity index (χ0v) is 13.7. The normalized spacial score (nSPS) is 24.6. The van der Waals surface area contributed by atoms with Crippen molar-refractivity contribution in [3.63, 3.8) is 0 Å². The minimum absolute atomic E-state index is 0.184. The molecule has 1 aliphatic heterocycles. The fraction of sp³-hybridized carbons (Fsp3) is 0.368. The minimum Gasteiger partial charge on any atom is -0.314 e. The lowest BCUT2D eigenvalue weighted by atomic mass is 9.93. The van der Waals surface area contributed by atoms with E-state index in [4.69, 9.17) is 11.6 Å². The quantitative estimate of drug-likeness (QED) is 0.896. The number of nitrogens with one attached hydrogen (secondary N) is 1. The molecule has 0 radical (unpaired) electrons. The Morgan fingerprint density at radius 1 is 1.00 bits per heavy atom. The summed E-state index contributed by atoms with van der Waals surface area (Å²) in [4.78, 5) is 2.56. The van der Waals surface area contributed by atoms with Crippen LogP contribution in [0.4, 0.5) is 4.39 Å². The summed E-state index contributed by atoms with van der Waals surface area (Å²) in [5.74, 6) is 0.112. The lowest BCUT2D eigenvalue weighted by molar-refractivity contribution is 0.171. The number of halogens is 2. The first-order chi connectivity index (χ1) is 11.2. The number of nitrogens with zero attached hydrogens (tertiary/aromatic N) is 1. The summed E-state index contributed by atoms with van der Waals surface area (Å²) in [5.41, 5.74) is 3.85. The Hall–Kier alpha value is -1.42. The second-order valence-electron chi connectivity index (χ2n) is 6.41. The van der Waals surface area contributed by atoms with E-state index < -0.39 is 0 Å². The van der Waals surface area contributed by atoms with Crippen molar-refractivity contribution in [2.75, 3.05) is 26.2 Å². The fourth-order valence-corrected chi connectivity index (χ4v) is 4.16. The Balaban J connectivity index is 1.72. The number of rotatable bonds is 2. The molecule has 2 aliphatic rings. The highest BCUT2D eigenvalue weighted by molar-refractivity contribution is 6.30. The number of hydrogen-bond donors (Lipinski definition) is 1. The van der Waals surface area contributed by atoms with Crippen molar-refractivity contribution in [3.8, 4) is 0 Å². The second-order valence-corrected chi connectivity index (χ2v) is 6.85. The summed E-state index contributed by atoms with van der Waals surface area (Å²) < 4.78 is 13.3. The Labute approximate surface area is 141 Å². The van der Waals surface area contributed by atoms with Gasteiger partial charge in [-0.25, -0.2) is 4.39 Å². The Morgan fingerprint density at radius 3 is 2.48 bits per heavy atom. The Kier molecular flexibility index (Phi) is 4.10. The van der Waals surface area contributed by atoms with Crippen molar-refractivity contribution in [2.45, 2.75) is 18.4 Å². The average molecular weight is 331 g/mol. The van der Waals surface area contributed by atoms with E-state index in [-0.39, 0.29) is 5.82 Å². The van der Waals surface area contributed by atoms with E-state index in [9.17, 15) is 4.39 Å². The predicted molar refractivity (Wildman–Crippen MR) is 91.5 cm³/mol. The largest absolute Gasteiger partial charge is 0.314 e. The van der Waals surface area contributed by atoms with Gasteiger partial charge in [-0.15, -0.1) is 0 Å². The minimum atomic E-state index is -0.184. The van der Waals surface area contributed by atoms with E-state index in [1.165, 1.54) is 16.7 Å². The zero-order valence-electron chi connectivity index (χ0n) is 12.9. The van der Waals surface area contributed by atoms with Crippen molar-refractivity contribution in [2.24, 2.45) is 0 Å². The molecule has 1 fully saturated rings. The van der Waals surface area contributed by atoms with Gasteiger partial charge in [0.15, 0.2) is 0 Å². The molecule has 23 heavy (non-hydrogen) atoms. The van der Waals surface area contributed by atoms with Gasteiger partial charge in [-0.1, -0.05) is 29.8 Å².